The topological polar surface area (TPSA) is 46.1 Å². The van der Waals surface area contributed by atoms with Gasteiger partial charge in [0.1, 0.15) is 0 Å². The number of aryl methyl sites for hydroxylation is 2. The van der Waals surface area contributed by atoms with E-state index in [0.29, 0.717) is 16.2 Å². The van der Waals surface area contributed by atoms with Crippen LogP contribution < -0.4 is 4.90 Å². The summed E-state index contributed by atoms with van der Waals surface area (Å²) in [4.78, 5) is 25.0. The summed E-state index contributed by atoms with van der Waals surface area (Å²) in [6.07, 6.45) is 0.995. The fourth-order valence-corrected chi connectivity index (χ4v) is 4.68. The van der Waals surface area contributed by atoms with E-state index in [2.05, 4.69) is 23.0 Å². The van der Waals surface area contributed by atoms with E-state index in [4.69, 9.17) is 0 Å². The van der Waals surface area contributed by atoms with E-state index in [1.54, 1.807) is 0 Å². The minimum atomic E-state index is 0.117. The van der Waals surface area contributed by atoms with E-state index >= 15 is 0 Å². The van der Waals surface area contributed by atoms with Gasteiger partial charge >= 0.3 is 0 Å². The molecule has 0 unspecified atom stereocenters. The molecule has 0 aliphatic carbocycles. The molecule has 0 fully saturated rings. The molecule has 4 nitrogen and oxygen atoms in total. The second-order valence-corrected chi connectivity index (χ2v) is 8.74. The third-order valence-electron chi connectivity index (χ3n) is 4.48. The van der Waals surface area contributed by atoms with Crippen molar-refractivity contribution >= 4 is 35.1 Å². The summed E-state index contributed by atoms with van der Waals surface area (Å²) in [5.41, 5.74) is 4.10. The highest BCUT2D eigenvalue weighted by Gasteiger charge is 2.24. The van der Waals surface area contributed by atoms with Gasteiger partial charge in [-0.3, -0.25) is 4.79 Å². The molecule has 1 aromatic heterocycles. The van der Waals surface area contributed by atoms with E-state index in [9.17, 15) is 4.79 Å². The predicted octanol–water partition coefficient (Wildman–Crippen LogP) is 4.41. The van der Waals surface area contributed by atoms with Crippen LogP contribution in [-0.4, -0.2) is 33.4 Å². The Morgan fingerprint density at radius 2 is 1.92 bits per heavy atom. The Bertz CT molecular complexity index is 771. The number of nitrogens with zero attached hydrogens (tertiary/aromatic N) is 3. The number of hydrogen-bond acceptors (Lipinski definition) is 5. The number of benzene rings is 1. The van der Waals surface area contributed by atoms with Crippen LogP contribution in [0.15, 0.2) is 34.3 Å². The normalized spacial score (nSPS) is 17.1. The molecule has 0 N–H and O–H groups in total. The SMILES string of the molecule is Cc1nc(SCC(=O)N2CC[C@@H](C)Sc3ccccc32)nc(C)c1C. The lowest BCUT2D eigenvalue weighted by Crippen LogP contribution is -2.33. The zero-order valence-electron chi connectivity index (χ0n) is 15.1. The Morgan fingerprint density at radius 1 is 1.24 bits per heavy atom. The number of carbonyl (C=O) groups excluding carboxylic acids is 1. The van der Waals surface area contributed by atoms with Crippen molar-refractivity contribution in [2.24, 2.45) is 0 Å². The minimum absolute atomic E-state index is 0.117. The lowest BCUT2D eigenvalue weighted by atomic mass is 10.2. The zero-order valence-corrected chi connectivity index (χ0v) is 16.7. The van der Waals surface area contributed by atoms with E-state index in [0.717, 1.165) is 35.6 Å². The highest BCUT2D eigenvalue weighted by atomic mass is 32.2. The molecule has 0 saturated carbocycles. The maximum absolute atomic E-state index is 12.9. The van der Waals surface area contributed by atoms with Gasteiger partial charge in [0.05, 0.1) is 11.4 Å². The largest absolute Gasteiger partial charge is 0.311 e. The first-order valence-electron chi connectivity index (χ1n) is 8.46. The number of thioether (sulfide) groups is 2. The van der Waals surface area contributed by atoms with E-state index in [-0.39, 0.29) is 5.91 Å². The number of anilines is 1. The van der Waals surface area contributed by atoms with E-state index in [1.165, 1.54) is 16.7 Å². The fourth-order valence-electron chi connectivity index (χ4n) is 2.76. The lowest BCUT2D eigenvalue weighted by Gasteiger charge is -2.22. The number of para-hydroxylation sites is 1. The Kier molecular flexibility index (Phi) is 5.69. The third-order valence-corrected chi connectivity index (χ3v) is 6.55. The molecule has 1 amide bonds. The maximum Gasteiger partial charge on any atom is 0.237 e. The quantitative estimate of drug-likeness (QED) is 0.589. The van der Waals surface area contributed by atoms with E-state index < -0.39 is 0 Å². The van der Waals surface area contributed by atoms with Crippen molar-refractivity contribution in [2.75, 3.05) is 17.2 Å². The second kappa shape index (κ2) is 7.79. The number of hydrogen-bond donors (Lipinski definition) is 0. The van der Waals surface area contributed by atoms with Crippen LogP contribution in [0.1, 0.15) is 30.3 Å². The average molecular weight is 374 g/mol. The molecule has 0 bridgehead atoms. The standard InChI is InChI=1S/C19H23N3OS2/c1-12-9-10-22(16-7-5-6-8-17(16)25-12)18(23)11-24-19-20-14(3)13(2)15(4)21-19/h5-8,12H,9-11H2,1-4H3/t12-/m1/s1. The van der Waals surface area contributed by atoms with Crippen molar-refractivity contribution in [3.05, 3.63) is 41.2 Å². The van der Waals surface area contributed by atoms with Crippen molar-refractivity contribution in [1.29, 1.82) is 0 Å². The molecule has 1 aromatic carbocycles. The predicted molar refractivity (Wildman–Crippen MR) is 106 cm³/mol. The molecular weight excluding hydrogens is 350 g/mol. The molecule has 0 radical (unpaired) electrons. The second-order valence-electron chi connectivity index (χ2n) is 6.32. The van der Waals surface area contributed by atoms with Crippen molar-refractivity contribution in [3.8, 4) is 0 Å². The molecule has 132 valence electrons. The Labute approximate surface area is 157 Å². The minimum Gasteiger partial charge on any atom is -0.311 e. The Balaban J connectivity index is 1.75. The monoisotopic (exact) mass is 373 g/mol. The summed E-state index contributed by atoms with van der Waals surface area (Å²) in [5.74, 6) is 0.474. The van der Waals surface area contributed by atoms with Gasteiger partial charge in [-0.1, -0.05) is 30.8 Å². The van der Waals surface area contributed by atoms with Gasteiger partial charge in [-0.15, -0.1) is 11.8 Å². The summed E-state index contributed by atoms with van der Waals surface area (Å²) in [6.45, 7) is 8.98. The van der Waals surface area contributed by atoms with Crippen LogP contribution in [0, 0.1) is 20.8 Å². The van der Waals surface area contributed by atoms with Crippen molar-refractivity contribution in [3.63, 3.8) is 0 Å². The number of aromatic nitrogens is 2. The Hall–Kier alpha value is -1.53. The van der Waals surface area contributed by atoms with Crippen molar-refractivity contribution in [2.45, 2.75) is 49.4 Å². The molecule has 2 heterocycles. The molecule has 3 rings (SSSR count). The zero-order chi connectivity index (χ0) is 18.0. The van der Waals surface area contributed by atoms with Gasteiger partial charge in [0, 0.05) is 28.1 Å². The summed E-state index contributed by atoms with van der Waals surface area (Å²) in [7, 11) is 0. The van der Waals surface area contributed by atoms with E-state index in [1.807, 2.05) is 55.6 Å². The Morgan fingerprint density at radius 3 is 2.64 bits per heavy atom. The molecule has 0 spiro atoms. The fraction of sp³-hybridized carbons (Fsp3) is 0.421. The summed E-state index contributed by atoms with van der Waals surface area (Å²) in [6, 6.07) is 8.18. The molecule has 1 atom stereocenters. The summed E-state index contributed by atoms with van der Waals surface area (Å²) < 4.78 is 0. The molecular formula is C19H23N3OS2. The van der Waals surface area contributed by atoms with Gasteiger partial charge in [-0.25, -0.2) is 9.97 Å². The maximum atomic E-state index is 12.9. The van der Waals surface area contributed by atoms with Gasteiger partial charge in [-0.2, -0.15) is 0 Å². The van der Waals surface area contributed by atoms with Crippen LogP contribution in [0.5, 0.6) is 0 Å². The summed E-state index contributed by atoms with van der Waals surface area (Å²) >= 11 is 3.27. The number of fused-ring (bicyclic) bond motifs is 1. The van der Waals surface area contributed by atoms with Crippen LogP contribution in [0.2, 0.25) is 0 Å². The number of carbonyl (C=O) groups is 1. The van der Waals surface area contributed by atoms with Gasteiger partial charge in [0.15, 0.2) is 5.16 Å². The van der Waals surface area contributed by atoms with Crippen molar-refractivity contribution < 1.29 is 4.79 Å². The highest BCUT2D eigenvalue weighted by Crippen LogP contribution is 2.37. The molecule has 25 heavy (non-hydrogen) atoms. The summed E-state index contributed by atoms with van der Waals surface area (Å²) in [5, 5.41) is 1.19. The molecule has 1 aliphatic rings. The first-order chi connectivity index (χ1) is 12.0. The van der Waals surface area contributed by atoms with Crippen LogP contribution in [0.3, 0.4) is 0 Å². The first-order valence-corrected chi connectivity index (χ1v) is 10.3. The number of rotatable bonds is 3. The average Bonchev–Trinajstić information content (AvgIpc) is 2.75. The third kappa shape index (κ3) is 4.18. The number of amides is 1. The molecule has 1 aliphatic heterocycles. The van der Waals surface area contributed by atoms with Gasteiger partial charge < -0.3 is 4.90 Å². The smallest absolute Gasteiger partial charge is 0.237 e. The van der Waals surface area contributed by atoms with Gasteiger partial charge in [-0.05, 0) is 44.9 Å². The van der Waals surface area contributed by atoms with Crippen molar-refractivity contribution in [1.82, 2.24) is 9.97 Å². The van der Waals surface area contributed by atoms with Crippen LogP contribution in [0.4, 0.5) is 5.69 Å². The molecule has 6 heteroatoms. The molecule has 0 saturated heterocycles. The van der Waals surface area contributed by atoms with Gasteiger partial charge in [0.25, 0.3) is 0 Å². The molecule has 2 aromatic rings. The first kappa shape index (κ1) is 18.3. The van der Waals surface area contributed by atoms with Crippen LogP contribution in [0.25, 0.3) is 0 Å². The highest BCUT2D eigenvalue weighted by molar-refractivity contribution is 8.00. The van der Waals surface area contributed by atoms with Crippen LogP contribution >= 0.6 is 23.5 Å². The lowest BCUT2D eigenvalue weighted by molar-refractivity contribution is -0.116. The van der Waals surface area contributed by atoms with Crippen LogP contribution in [-0.2, 0) is 4.79 Å². The van der Waals surface area contributed by atoms with Gasteiger partial charge in [0.2, 0.25) is 5.91 Å².